The van der Waals surface area contributed by atoms with Gasteiger partial charge in [0.1, 0.15) is 0 Å². The number of hydrogen-bond donors (Lipinski definition) is 1. The van der Waals surface area contributed by atoms with Crippen molar-refractivity contribution in [1.82, 2.24) is 5.32 Å². The summed E-state index contributed by atoms with van der Waals surface area (Å²) in [6.45, 7) is 9.93. The molecule has 84 valence electrons. The zero-order valence-electron chi connectivity index (χ0n) is 9.88. The molecular weight excluding hydrogens is 174 g/mol. The van der Waals surface area contributed by atoms with E-state index in [0.29, 0.717) is 6.04 Å². The summed E-state index contributed by atoms with van der Waals surface area (Å²) in [4.78, 5) is 0. The van der Waals surface area contributed by atoms with Crippen molar-refractivity contribution in [2.24, 2.45) is 11.8 Å². The Balaban J connectivity index is 1.99. The number of nitrogens with one attached hydrogen (secondary N) is 1. The van der Waals surface area contributed by atoms with E-state index < -0.39 is 0 Å². The highest BCUT2D eigenvalue weighted by molar-refractivity contribution is 4.70. The Morgan fingerprint density at radius 3 is 2.64 bits per heavy atom. The van der Waals surface area contributed by atoms with Crippen LogP contribution < -0.4 is 5.32 Å². The van der Waals surface area contributed by atoms with Gasteiger partial charge in [0.05, 0.1) is 6.61 Å². The average molecular weight is 199 g/mol. The minimum Gasteiger partial charge on any atom is -0.381 e. The Bertz CT molecular complexity index is 141. The summed E-state index contributed by atoms with van der Waals surface area (Å²) in [5.41, 5.74) is 0. The predicted molar refractivity (Wildman–Crippen MR) is 60.5 cm³/mol. The first-order chi connectivity index (χ1) is 6.68. The van der Waals surface area contributed by atoms with Crippen LogP contribution in [0.2, 0.25) is 0 Å². The van der Waals surface area contributed by atoms with E-state index in [4.69, 9.17) is 4.74 Å². The number of hydrogen-bond acceptors (Lipinski definition) is 2. The maximum absolute atomic E-state index is 5.35. The first-order valence-corrected chi connectivity index (χ1v) is 5.99. The van der Waals surface area contributed by atoms with Crippen LogP contribution in [0, 0.1) is 11.8 Å². The summed E-state index contributed by atoms with van der Waals surface area (Å²) in [6.07, 6.45) is 3.87. The molecule has 0 saturated carbocycles. The normalized spacial score (nSPS) is 24.4. The number of ether oxygens (including phenoxy) is 1. The van der Waals surface area contributed by atoms with Crippen LogP contribution in [0.25, 0.3) is 0 Å². The molecule has 0 aromatic rings. The standard InChI is InChI=1S/C12H25NO/c1-10(2)4-5-11(3)13-8-12-6-7-14-9-12/h10-13H,4-9H2,1-3H3. The molecule has 1 N–H and O–H groups in total. The van der Waals surface area contributed by atoms with Crippen molar-refractivity contribution in [2.75, 3.05) is 19.8 Å². The second-order valence-electron chi connectivity index (χ2n) is 5.01. The van der Waals surface area contributed by atoms with Gasteiger partial charge in [-0.05, 0) is 38.0 Å². The lowest BCUT2D eigenvalue weighted by atomic mass is 10.0. The average Bonchev–Trinajstić information content (AvgIpc) is 2.63. The first kappa shape index (κ1) is 12.0. The Morgan fingerprint density at radius 1 is 1.29 bits per heavy atom. The lowest BCUT2D eigenvalue weighted by molar-refractivity contribution is 0.184. The second-order valence-corrected chi connectivity index (χ2v) is 5.01. The smallest absolute Gasteiger partial charge is 0.0507 e. The van der Waals surface area contributed by atoms with Crippen molar-refractivity contribution in [3.05, 3.63) is 0 Å². The SMILES string of the molecule is CC(C)CCC(C)NCC1CCOC1. The third-order valence-electron chi connectivity index (χ3n) is 2.96. The highest BCUT2D eigenvalue weighted by atomic mass is 16.5. The maximum atomic E-state index is 5.35. The van der Waals surface area contributed by atoms with Crippen LogP contribution in [-0.4, -0.2) is 25.8 Å². The molecule has 1 aliphatic heterocycles. The minimum atomic E-state index is 0.665. The highest BCUT2D eigenvalue weighted by Crippen LogP contribution is 2.12. The van der Waals surface area contributed by atoms with E-state index in [1.54, 1.807) is 0 Å². The van der Waals surface area contributed by atoms with Gasteiger partial charge in [-0.1, -0.05) is 13.8 Å². The van der Waals surface area contributed by atoms with Gasteiger partial charge in [-0.3, -0.25) is 0 Å². The van der Waals surface area contributed by atoms with Crippen molar-refractivity contribution in [3.8, 4) is 0 Å². The van der Waals surface area contributed by atoms with E-state index in [-0.39, 0.29) is 0 Å². The Morgan fingerprint density at radius 2 is 2.07 bits per heavy atom. The summed E-state index contributed by atoms with van der Waals surface area (Å²) in [5, 5.41) is 3.60. The molecule has 2 unspecified atom stereocenters. The van der Waals surface area contributed by atoms with Crippen LogP contribution in [0.4, 0.5) is 0 Å². The summed E-state index contributed by atoms with van der Waals surface area (Å²) in [7, 11) is 0. The molecule has 1 fully saturated rings. The zero-order valence-corrected chi connectivity index (χ0v) is 9.88. The molecule has 0 aliphatic carbocycles. The minimum absolute atomic E-state index is 0.665. The molecular formula is C12H25NO. The fourth-order valence-corrected chi connectivity index (χ4v) is 1.80. The Hall–Kier alpha value is -0.0800. The summed E-state index contributed by atoms with van der Waals surface area (Å²) in [6, 6.07) is 0.665. The molecule has 0 amide bonds. The molecule has 0 bridgehead atoms. The molecule has 1 aliphatic rings. The van der Waals surface area contributed by atoms with E-state index in [2.05, 4.69) is 26.1 Å². The largest absolute Gasteiger partial charge is 0.381 e. The molecule has 0 spiro atoms. The van der Waals surface area contributed by atoms with Gasteiger partial charge < -0.3 is 10.1 Å². The van der Waals surface area contributed by atoms with Crippen molar-refractivity contribution in [1.29, 1.82) is 0 Å². The fourth-order valence-electron chi connectivity index (χ4n) is 1.80. The zero-order chi connectivity index (χ0) is 10.4. The molecule has 1 rings (SSSR count). The summed E-state index contributed by atoms with van der Waals surface area (Å²) in [5.74, 6) is 1.59. The Labute approximate surface area is 88.4 Å². The molecule has 1 heterocycles. The van der Waals surface area contributed by atoms with Crippen LogP contribution in [0.15, 0.2) is 0 Å². The monoisotopic (exact) mass is 199 g/mol. The molecule has 1 saturated heterocycles. The molecule has 14 heavy (non-hydrogen) atoms. The molecule has 0 aromatic carbocycles. The maximum Gasteiger partial charge on any atom is 0.0507 e. The van der Waals surface area contributed by atoms with Gasteiger partial charge in [0.2, 0.25) is 0 Å². The van der Waals surface area contributed by atoms with Crippen LogP contribution in [0.3, 0.4) is 0 Å². The number of rotatable bonds is 6. The van der Waals surface area contributed by atoms with Gasteiger partial charge in [0, 0.05) is 19.2 Å². The van der Waals surface area contributed by atoms with E-state index in [9.17, 15) is 0 Å². The van der Waals surface area contributed by atoms with E-state index in [0.717, 1.165) is 31.6 Å². The quantitative estimate of drug-likeness (QED) is 0.709. The lowest BCUT2D eigenvalue weighted by Crippen LogP contribution is -2.31. The van der Waals surface area contributed by atoms with Crippen LogP contribution in [0.1, 0.15) is 40.0 Å². The van der Waals surface area contributed by atoms with Crippen molar-refractivity contribution in [3.63, 3.8) is 0 Å². The van der Waals surface area contributed by atoms with E-state index >= 15 is 0 Å². The van der Waals surface area contributed by atoms with E-state index in [1.807, 2.05) is 0 Å². The van der Waals surface area contributed by atoms with Crippen LogP contribution in [0.5, 0.6) is 0 Å². The second kappa shape index (κ2) is 6.41. The third-order valence-corrected chi connectivity index (χ3v) is 2.96. The molecule has 0 radical (unpaired) electrons. The first-order valence-electron chi connectivity index (χ1n) is 5.99. The van der Waals surface area contributed by atoms with Gasteiger partial charge in [-0.15, -0.1) is 0 Å². The topological polar surface area (TPSA) is 21.3 Å². The summed E-state index contributed by atoms with van der Waals surface area (Å²) < 4.78 is 5.35. The molecule has 2 atom stereocenters. The predicted octanol–water partition coefficient (Wildman–Crippen LogP) is 2.44. The summed E-state index contributed by atoms with van der Waals surface area (Å²) >= 11 is 0. The van der Waals surface area contributed by atoms with Gasteiger partial charge in [0.15, 0.2) is 0 Å². The third kappa shape index (κ3) is 4.97. The van der Waals surface area contributed by atoms with Crippen LogP contribution >= 0.6 is 0 Å². The molecule has 0 aromatic heterocycles. The van der Waals surface area contributed by atoms with Crippen molar-refractivity contribution >= 4 is 0 Å². The highest BCUT2D eigenvalue weighted by Gasteiger charge is 2.15. The van der Waals surface area contributed by atoms with Crippen molar-refractivity contribution in [2.45, 2.75) is 46.1 Å². The van der Waals surface area contributed by atoms with Gasteiger partial charge in [-0.2, -0.15) is 0 Å². The van der Waals surface area contributed by atoms with Gasteiger partial charge in [-0.25, -0.2) is 0 Å². The van der Waals surface area contributed by atoms with Gasteiger partial charge >= 0.3 is 0 Å². The Kier molecular flexibility index (Phi) is 5.49. The lowest BCUT2D eigenvalue weighted by Gasteiger charge is -2.17. The van der Waals surface area contributed by atoms with E-state index in [1.165, 1.54) is 19.3 Å². The van der Waals surface area contributed by atoms with Crippen LogP contribution in [-0.2, 0) is 4.74 Å². The van der Waals surface area contributed by atoms with Crippen molar-refractivity contribution < 1.29 is 4.74 Å². The molecule has 2 nitrogen and oxygen atoms in total. The molecule has 2 heteroatoms. The van der Waals surface area contributed by atoms with Gasteiger partial charge in [0.25, 0.3) is 0 Å². The fraction of sp³-hybridized carbons (Fsp3) is 1.00.